The predicted octanol–water partition coefficient (Wildman–Crippen LogP) is 4.44. The summed E-state index contributed by atoms with van der Waals surface area (Å²) in [5.74, 6) is 1.65. The Labute approximate surface area is 212 Å². The number of hydrogen-bond donors (Lipinski definition) is 0. The first-order valence-corrected chi connectivity index (χ1v) is 12.1. The molecule has 1 saturated heterocycles. The lowest BCUT2D eigenvalue weighted by Crippen LogP contribution is -2.54. The van der Waals surface area contributed by atoms with Crippen molar-refractivity contribution in [3.63, 3.8) is 0 Å². The number of piperazine rings is 1. The number of benzene rings is 3. The second-order valence-corrected chi connectivity index (χ2v) is 9.14. The van der Waals surface area contributed by atoms with Gasteiger partial charge in [0.25, 0.3) is 5.91 Å². The van der Waals surface area contributed by atoms with Crippen LogP contribution in [0.2, 0.25) is 0 Å². The number of methoxy groups -OCH3 is 1. The molecular formula is C28H25FN6O2. The van der Waals surface area contributed by atoms with Crippen LogP contribution in [-0.2, 0) is 0 Å². The van der Waals surface area contributed by atoms with Gasteiger partial charge in [0.2, 0.25) is 5.95 Å². The summed E-state index contributed by atoms with van der Waals surface area (Å²) < 4.78 is 20.8. The number of carbonyl (C=O) groups excluding carboxylic acids is 1. The van der Waals surface area contributed by atoms with Crippen LogP contribution >= 0.6 is 0 Å². The predicted molar refractivity (Wildman–Crippen MR) is 139 cm³/mol. The molecular weight excluding hydrogens is 471 g/mol. The smallest absolute Gasteiger partial charge is 0.254 e. The van der Waals surface area contributed by atoms with Gasteiger partial charge in [-0.25, -0.2) is 13.8 Å². The zero-order valence-corrected chi connectivity index (χ0v) is 20.5. The highest BCUT2D eigenvalue weighted by molar-refractivity contribution is 5.95. The molecule has 1 aliphatic heterocycles. The fourth-order valence-electron chi connectivity index (χ4n) is 4.93. The summed E-state index contributed by atoms with van der Waals surface area (Å²) in [5, 5.41) is 10.0. The number of hydrogen-bond acceptors (Lipinski definition) is 6. The van der Waals surface area contributed by atoms with Crippen LogP contribution in [0.15, 0.2) is 72.8 Å². The van der Waals surface area contributed by atoms with Gasteiger partial charge >= 0.3 is 0 Å². The molecule has 0 N–H and O–H groups in total. The molecule has 1 amide bonds. The van der Waals surface area contributed by atoms with Crippen LogP contribution in [0.5, 0.6) is 5.75 Å². The SMILES string of the molecule is COc1cccc(-c2nnc3c4ccccc4nc(N4CCN(C(=O)c5ccc(F)cc5)C(C)C4)n23)c1. The van der Waals surface area contributed by atoms with Crippen LogP contribution in [0.3, 0.4) is 0 Å². The largest absolute Gasteiger partial charge is 0.497 e. The molecule has 2 aromatic heterocycles. The normalized spacial score (nSPS) is 15.9. The Morgan fingerprint density at radius 3 is 2.59 bits per heavy atom. The number of carbonyl (C=O) groups is 1. The fourth-order valence-corrected chi connectivity index (χ4v) is 4.93. The minimum absolute atomic E-state index is 0.0913. The number of anilines is 1. The van der Waals surface area contributed by atoms with E-state index in [4.69, 9.17) is 9.72 Å². The Morgan fingerprint density at radius 1 is 1.00 bits per heavy atom. The van der Waals surface area contributed by atoms with E-state index in [2.05, 4.69) is 15.1 Å². The third-order valence-electron chi connectivity index (χ3n) is 6.82. The third-order valence-corrected chi connectivity index (χ3v) is 6.82. The topological polar surface area (TPSA) is 75.9 Å². The maximum Gasteiger partial charge on any atom is 0.254 e. The van der Waals surface area contributed by atoms with Gasteiger partial charge in [0.05, 0.1) is 12.6 Å². The summed E-state index contributed by atoms with van der Waals surface area (Å²) in [6.45, 7) is 3.67. The van der Waals surface area contributed by atoms with Crippen molar-refractivity contribution < 1.29 is 13.9 Å². The van der Waals surface area contributed by atoms with Gasteiger partial charge in [0.15, 0.2) is 11.5 Å². The molecule has 0 aliphatic carbocycles. The lowest BCUT2D eigenvalue weighted by Gasteiger charge is -2.40. The number of para-hydroxylation sites is 1. The van der Waals surface area contributed by atoms with Crippen molar-refractivity contribution in [1.82, 2.24) is 24.5 Å². The second kappa shape index (κ2) is 9.16. The molecule has 1 fully saturated rings. The van der Waals surface area contributed by atoms with Crippen LogP contribution in [0.1, 0.15) is 17.3 Å². The van der Waals surface area contributed by atoms with Gasteiger partial charge in [-0.15, -0.1) is 10.2 Å². The lowest BCUT2D eigenvalue weighted by molar-refractivity contribution is 0.0673. The molecule has 5 aromatic rings. The van der Waals surface area contributed by atoms with Crippen molar-refractivity contribution in [3.05, 3.63) is 84.2 Å². The van der Waals surface area contributed by atoms with Crippen molar-refractivity contribution in [2.45, 2.75) is 13.0 Å². The van der Waals surface area contributed by atoms with Crippen LogP contribution < -0.4 is 9.64 Å². The van der Waals surface area contributed by atoms with Gasteiger partial charge in [-0.3, -0.25) is 4.79 Å². The molecule has 6 rings (SSSR count). The monoisotopic (exact) mass is 496 g/mol. The molecule has 1 aliphatic rings. The number of amides is 1. The van der Waals surface area contributed by atoms with Crippen LogP contribution in [0, 0.1) is 5.82 Å². The average Bonchev–Trinajstić information content (AvgIpc) is 3.38. The van der Waals surface area contributed by atoms with Crippen molar-refractivity contribution in [2.24, 2.45) is 0 Å². The Bertz CT molecular complexity index is 1620. The van der Waals surface area contributed by atoms with Gasteiger partial charge in [-0.05, 0) is 55.5 Å². The van der Waals surface area contributed by atoms with E-state index in [1.807, 2.05) is 64.8 Å². The standard InChI is InChI=1S/C28H25FN6O2/c1-18-17-33(14-15-34(18)27(36)19-10-12-21(29)13-11-19)28-30-24-9-4-3-8-23(24)26-32-31-25(35(26)28)20-6-5-7-22(16-20)37-2/h3-13,16,18H,14-15,17H2,1-2H3. The molecule has 0 bridgehead atoms. The van der Waals surface area contributed by atoms with Crippen LogP contribution in [0.25, 0.3) is 27.9 Å². The van der Waals surface area contributed by atoms with Crippen molar-refractivity contribution in [3.8, 4) is 17.1 Å². The molecule has 9 heteroatoms. The van der Waals surface area contributed by atoms with Gasteiger partial charge in [0, 0.05) is 42.2 Å². The van der Waals surface area contributed by atoms with Crippen molar-refractivity contribution >= 4 is 28.4 Å². The molecule has 1 unspecified atom stereocenters. The quantitative estimate of drug-likeness (QED) is 0.366. The highest BCUT2D eigenvalue weighted by Crippen LogP contribution is 2.31. The van der Waals surface area contributed by atoms with Crippen LogP contribution in [-0.4, -0.2) is 63.2 Å². The van der Waals surface area contributed by atoms with E-state index < -0.39 is 0 Å². The summed E-state index contributed by atoms with van der Waals surface area (Å²) >= 11 is 0. The fraction of sp³-hybridized carbons (Fsp3) is 0.214. The number of aromatic nitrogens is 4. The van der Waals surface area contributed by atoms with Gasteiger partial charge in [-0.2, -0.15) is 0 Å². The average molecular weight is 497 g/mol. The Balaban J connectivity index is 1.41. The first-order valence-electron chi connectivity index (χ1n) is 12.1. The molecule has 0 spiro atoms. The lowest BCUT2D eigenvalue weighted by atomic mass is 10.1. The number of rotatable bonds is 4. The molecule has 186 valence electrons. The first-order chi connectivity index (χ1) is 18.0. The van der Waals surface area contributed by atoms with Crippen molar-refractivity contribution in [1.29, 1.82) is 0 Å². The van der Waals surface area contributed by atoms with Gasteiger partial charge in [0.1, 0.15) is 11.6 Å². The molecule has 8 nitrogen and oxygen atoms in total. The Morgan fingerprint density at radius 2 is 1.81 bits per heavy atom. The zero-order valence-electron chi connectivity index (χ0n) is 20.5. The summed E-state index contributed by atoms with van der Waals surface area (Å²) in [7, 11) is 1.63. The number of fused-ring (bicyclic) bond motifs is 3. The minimum atomic E-state index is -0.360. The Kier molecular flexibility index (Phi) is 5.67. The van der Waals surface area contributed by atoms with Gasteiger partial charge in [-0.1, -0.05) is 24.3 Å². The van der Waals surface area contributed by atoms with Crippen LogP contribution in [0.4, 0.5) is 10.3 Å². The molecule has 0 saturated carbocycles. The maximum atomic E-state index is 13.4. The molecule has 1 atom stereocenters. The maximum absolute atomic E-state index is 13.4. The van der Waals surface area contributed by atoms with Gasteiger partial charge < -0.3 is 14.5 Å². The minimum Gasteiger partial charge on any atom is -0.497 e. The van der Waals surface area contributed by atoms with E-state index in [1.165, 1.54) is 24.3 Å². The van der Waals surface area contributed by atoms with E-state index in [1.54, 1.807) is 7.11 Å². The second-order valence-electron chi connectivity index (χ2n) is 9.14. The van der Waals surface area contributed by atoms with E-state index >= 15 is 0 Å². The summed E-state index contributed by atoms with van der Waals surface area (Å²) in [6.07, 6.45) is 0. The third kappa shape index (κ3) is 4.02. The number of nitrogens with zero attached hydrogens (tertiary/aromatic N) is 6. The molecule has 0 radical (unpaired) electrons. The van der Waals surface area contributed by atoms with E-state index in [0.717, 1.165) is 33.8 Å². The zero-order chi connectivity index (χ0) is 25.5. The number of ether oxygens (including phenoxy) is 1. The molecule has 3 heterocycles. The van der Waals surface area contributed by atoms with Crippen molar-refractivity contribution in [2.75, 3.05) is 31.6 Å². The van der Waals surface area contributed by atoms with E-state index in [0.29, 0.717) is 31.0 Å². The highest BCUT2D eigenvalue weighted by atomic mass is 19.1. The number of halogens is 1. The Hall–Kier alpha value is -4.53. The molecule has 3 aromatic carbocycles. The summed E-state index contributed by atoms with van der Waals surface area (Å²) in [5.41, 5.74) is 2.89. The molecule has 37 heavy (non-hydrogen) atoms. The van der Waals surface area contributed by atoms with E-state index in [9.17, 15) is 9.18 Å². The van der Waals surface area contributed by atoms with E-state index in [-0.39, 0.29) is 17.8 Å². The summed E-state index contributed by atoms with van der Waals surface area (Å²) in [4.78, 5) is 22.2. The highest BCUT2D eigenvalue weighted by Gasteiger charge is 2.31. The first kappa shape index (κ1) is 22.9. The summed E-state index contributed by atoms with van der Waals surface area (Å²) in [6, 6.07) is 21.2.